The number of nitrogens with zero attached hydrogens (tertiary/aromatic N) is 12. The molecule has 0 saturated carbocycles. The standard InChI is InChI=1S/3C6H10N2.5C6H9NO.4C6H9NS.12C2H6/c1-5(2)6-3-7-8-4-6;2*1-5(2)6-3-4-7-8-6;1-5(2)6-3-8-4-7-6;1-5(2)6-3-7-4-8-6;1-5(2)6-3-7-8-4-6;1-5(2)6-7-3-4-8-6;1-5(2)6-3-4-8-7-6;1-5(2)6-3-7-4-8-6;1-5(2)6-3-7-8-4-6;1-5(2)6-3-4-8-7-6;1-5(2)6-3-4-7-8-6;12*1-2/h3*3-5H,1-2H3,(H,7,8);9*3-5H,1-2H3;12*1-2H3. The van der Waals surface area contributed by atoms with Crippen LogP contribution >= 0.6 is 45.9 Å². The van der Waals surface area contributed by atoms with Crippen LogP contribution in [0.2, 0.25) is 0 Å². The summed E-state index contributed by atoms with van der Waals surface area (Å²) in [7, 11) is 0. The van der Waals surface area contributed by atoms with Gasteiger partial charge in [-0.25, -0.2) is 23.7 Å². The topological polar surface area (TPSA) is 268 Å². The highest BCUT2D eigenvalue weighted by Crippen LogP contribution is 2.20. The second-order valence-electron chi connectivity index (χ2n) is 25.2. The molecule has 20 nitrogen and oxygen atoms in total. The third-order valence-corrected chi connectivity index (χ3v) is 16.2. The van der Waals surface area contributed by atoms with Gasteiger partial charge in [-0.2, -0.15) is 19.7 Å². The Morgan fingerprint density at radius 2 is 0.858 bits per heavy atom. The lowest BCUT2D eigenvalue weighted by Crippen LogP contribution is -1.85. The van der Waals surface area contributed by atoms with E-state index in [0.29, 0.717) is 71.0 Å². The number of aromatic amines is 3. The van der Waals surface area contributed by atoms with Gasteiger partial charge in [0.15, 0.2) is 18.7 Å². The van der Waals surface area contributed by atoms with Crippen LogP contribution in [0.1, 0.15) is 470 Å². The molecule has 120 heavy (non-hydrogen) atoms. The number of rotatable bonds is 12. The van der Waals surface area contributed by atoms with Crippen LogP contribution in [0, 0.1) is 0 Å². The van der Waals surface area contributed by atoms with Gasteiger partial charge in [0.2, 0.25) is 0 Å². The van der Waals surface area contributed by atoms with Crippen LogP contribution in [0.5, 0.6) is 0 Å². The molecule has 696 valence electrons. The highest BCUT2D eigenvalue weighted by Gasteiger charge is 2.05. The Kier molecular flexibility index (Phi) is 124. The number of H-pyrrole nitrogens is 3. The van der Waals surface area contributed by atoms with E-state index >= 15 is 0 Å². The minimum atomic E-state index is 0.407. The summed E-state index contributed by atoms with van der Waals surface area (Å²) < 4.78 is 36.1. The number of aromatic nitrogens is 15. The van der Waals surface area contributed by atoms with Crippen LogP contribution in [0.3, 0.4) is 0 Å². The molecule has 12 rings (SSSR count). The van der Waals surface area contributed by atoms with E-state index in [1.807, 2.05) is 240 Å². The van der Waals surface area contributed by atoms with Crippen LogP contribution in [-0.4, -0.2) is 74.0 Å². The lowest BCUT2D eigenvalue weighted by Gasteiger charge is -1.95. The fourth-order valence-corrected chi connectivity index (χ4v) is 8.93. The second kappa shape index (κ2) is 107. The van der Waals surface area contributed by atoms with Gasteiger partial charge in [-0.05, 0) is 129 Å². The number of thiazole rings is 1. The van der Waals surface area contributed by atoms with Crippen molar-refractivity contribution in [2.24, 2.45) is 0 Å². The normalized spacial score (nSPS) is 8.90. The Labute approximate surface area is 753 Å². The van der Waals surface area contributed by atoms with Crippen molar-refractivity contribution in [3.8, 4) is 0 Å². The summed E-state index contributed by atoms with van der Waals surface area (Å²) in [5.74, 6) is 8.34. The molecule has 3 N–H and O–H groups in total. The molecular weight excluding hydrogens is 1570 g/mol. The van der Waals surface area contributed by atoms with Crippen molar-refractivity contribution < 1.29 is 22.3 Å². The van der Waals surface area contributed by atoms with E-state index in [0.717, 1.165) is 28.6 Å². The molecule has 0 atom stereocenters. The van der Waals surface area contributed by atoms with Gasteiger partial charge < -0.3 is 22.3 Å². The van der Waals surface area contributed by atoms with Crippen LogP contribution in [-0.2, 0) is 0 Å². The van der Waals surface area contributed by atoms with Crippen molar-refractivity contribution in [1.29, 1.82) is 0 Å². The van der Waals surface area contributed by atoms with E-state index in [9.17, 15) is 0 Å². The average molecular weight is 1760 g/mol. The maximum absolute atomic E-state index is 4.98. The molecule has 12 aromatic rings. The zero-order valence-electron chi connectivity index (χ0n) is 85.3. The molecule has 0 amide bonds. The van der Waals surface area contributed by atoms with E-state index in [2.05, 4.69) is 253 Å². The van der Waals surface area contributed by atoms with E-state index in [-0.39, 0.29) is 0 Å². The fraction of sp³-hybridized carbons (Fsp3) is 0.625. The van der Waals surface area contributed by atoms with Crippen LogP contribution in [0.15, 0.2) is 169 Å². The summed E-state index contributed by atoms with van der Waals surface area (Å²) >= 11 is 6.34. The molecule has 12 heterocycles. The summed E-state index contributed by atoms with van der Waals surface area (Å²) in [6, 6.07) is 9.99. The molecule has 24 heteroatoms. The monoisotopic (exact) mass is 1750 g/mol. The first kappa shape index (κ1) is 138. The summed E-state index contributed by atoms with van der Waals surface area (Å²) in [5, 5.41) is 31.4. The molecule has 0 unspecified atom stereocenters. The maximum Gasteiger partial charge on any atom is 0.196 e. The van der Waals surface area contributed by atoms with Crippen molar-refractivity contribution in [1.82, 2.24) is 74.0 Å². The number of oxazole rings is 3. The third-order valence-electron chi connectivity index (χ3n) is 12.9. The molecule has 0 spiro atoms. The van der Waals surface area contributed by atoms with E-state index in [4.69, 9.17) is 13.3 Å². The van der Waals surface area contributed by atoms with Gasteiger partial charge in [0, 0.05) is 92.5 Å². The van der Waals surface area contributed by atoms with E-state index < -0.39 is 0 Å². The Bertz CT molecular complexity index is 2560. The summed E-state index contributed by atoms with van der Waals surface area (Å²) in [4.78, 5) is 18.4. The van der Waals surface area contributed by atoms with Gasteiger partial charge in [0.1, 0.15) is 30.8 Å². The summed E-state index contributed by atoms with van der Waals surface area (Å²) in [6.07, 6.45) is 27.6. The van der Waals surface area contributed by atoms with Gasteiger partial charge in [0.05, 0.1) is 47.4 Å². The lowest BCUT2D eigenvalue weighted by atomic mass is 10.1. The van der Waals surface area contributed by atoms with Crippen LogP contribution < -0.4 is 0 Å². The molecular formula is C96H183N15O5S4. The maximum atomic E-state index is 4.98. The van der Waals surface area contributed by atoms with Crippen molar-refractivity contribution in [2.45, 2.75) is 403 Å². The Morgan fingerprint density at radius 1 is 0.350 bits per heavy atom. The van der Waals surface area contributed by atoms with Crippen molar-refractivity contribution in [3.63, 3.8) is 0 Å². The predicted octanol–water partition coefficient (Wildman–Crippen LogP) is 35.0. The van der Waals surface area contributed by atoms with Crippen molar-refractivity contribution in [2.75, 3.05) is 0 Å². The van der Waals surface area contributed by atoms with Gasteiger partial charge in [-0.3, -0.25) is 20.3 Å². The molecule has 0 aliphatic heterocycles. The number of hydrogen-bond donors (Lipinski definition) is 3. The molecule has 0 aliphatic carbocycles. The minimum Gasteiger partial charge on any atom is -0.451 e. The Hall–Kier alpha value is -7.80. The molecule has 0 aromatic carbocycles. The zero-order chi connectivity index (χ0) is 95.8. The average Bonchev–Trinajstić information content (AvgIpc) is 1.97. The highest BCUT2D eigenvalue weighted by molar-refractivity contribution is 7.09. The quantitative estimate of drug-likeness (QED) is 0.103. The molecule has 0 radical (unpaired) electrons. The Balaban J connectivity index is -0.000000104. The van der Waals surface area contributed by atoms with E-state index in [1.54, 1.807) is 78.9 Å². The van der Waals surface area contributed by atoms with Crippen molar-refractivity contribution >= 4 is 45.9 Å². The number of nitrogens with one attached hydrogen (secondary N) is 3. The van der Waals surface area contributed by atoms with E-state index in [1.165, 1.54) is 73.8 Å². The highest BCUT2D eigenvalue weighted by atomic mass is 32.1. The van der Waals surface area contributed by atoms with Gasteiger partial charge in [0.25, 0.3) is 0 Å². The zero-order valence-corrected chi connectivity index (χ0v) is 88.6. The molecule has 0 fully saturated rings. The smallest absolute Gasteiger partial charge is 0.196 e. The largest absolute Gasteiger partial charge is 0.451 e. The number of hydrogen-bond acceptors (Lipinski definition) is 21. The van der Waals surface area contributed by atoms with Crippen LogP contribution in [0.4, 0.5) is 0 Å². The second-order valence-corrected chi connectivity index (χ2v) is 28.3. The van der Waals surface area contributed by atoms with Crippen molar-refractivity contribution in [3.05, 3.63) is 213 Å². The van der Waals surface area contributed by atoms with Gasteiger partial charge >= 0.3 is 0 Å². The third kappa shape index (κ3) is 85.2. The summed E-state index contributed by atoms with van der Waals surface area (Å²) in [5.41, 5.74) is 11.3. The Morgan fingerprint density at radius 3 is 1.04 bits per heavy atom. The lowest BCUT2D eigenvalue weighted by molar-refractivity contribution is 0.408. The van der Waals surface area contributed by atoms with Crippen LogP contribution in [0.25, 0.3) is 0 Å². The molecule has 0 saturated heterocycles. The predicted molar refractivity (Wildman–Crippen MR) is 532 cm³/mol. The van der Waals surface area contributed by atoms with Gasteiger partial charge in [-0.1, -0.05) is 343 Å². The first-order valence-electron chi connectivity index (χ1n) is 44.7. The fourth-order valence-electron chi connectivity index (χ4n) is 6.36. The van der Waals surface area contributed by atoms with Gasteiger partial charge in [-0.15, -0.1) is 11.3 Å². The first-order chi connectivity index (χ1) is 57.7. The summed E-state index contributed by atoms with van der Waals surface area (Å²) in [6.45, 7) is 98.9. The molecule has 12 aromatic heterocycles. The molecule has 0 aliphatic rings. The first-order valence-corrected chi connectivity index (χ1v) is 48.0. The SMILES string of the molecule is CC.CC.CC.CC.CC.CC.CC.CC.CC.CC.CC.CC.CC(C)c1ccn[nH]1.CC(C)c1ccn[nH]1.CC(C)c1ccns1.CC(C)c1ccon1.CC(C)c1ccsn1.CC(C)c1cn[nH]c1.CC(C)c1cnco1.CC(C)c1cncs1.CC(C)c1cnoc1.CC(C)c1cnsc1.CC(C)c1cocn1.CC(C)c1ncco1. The molecule has 0 bridgehead atoms. The minimum absolute atomic E-state index is 0.407.